The fourth-order valence-corrected chi connectivity index (χ4v) is 3.18. The SMILES string of the molecule is CCOc1cc(CN[C@@H](Cc2ccccc2)c2ccccc2)ccc1OC. The van der Waals surface area contributed by atoms with Crippen molar-refractivity contribution in [2.24, 2.45) is 0 Å². The van der Waals surface area contributed by atoms with E-state index >= 15 is 0 Å². The van der Waals surface area contributed by atoms with Gasteiger partial charge in [-0.15, -0.1) is 0 Å². The third-order valence-electron chi connectivity index (χ3n) is 4.57. The first-order chi connectivity index (χ1) is 13.3. The molecule has 0 spiro atoms. The first-order valence-corrected chi connectivity index (χ1v) is 9.42. The van der Waals surface area contributed by atoms with E-state index in [9.17, 15) is 0 Å². The van der Waals surface area contributed by atoms with Gasteiger partial charge in [0.2, 0.25) is 0 Å². The predicted octanol–water partition coefficient (Wildman–Crippen LogP) is 5.17. The molecule has 0 fully saturated rings. The van der Waals surface area contributed by atoms with Gasteiger partial charge >= 0.3 is 0 Å². The lowest BCUT2D eigenvalue weighted by Crippen LogP contribution is -2.23. The van der Waals surface area contributed by atoms with Gasteiger partial charge in [0, 0.05) is 12.6 Å². The normalized spacial score (nSPS) is 11.8. The quantitative estimate of drug-likeness (QED) is 0.570. The highest BCUT2D eigenvalue weighted by atomic mass is 16.5. The van der Waals surface area contributed by atoms with E-state index in [2.05, 4.69) is 78.1 Å². The van der Waals surface area contributed by atoms with Crippen LogP contribution in [0, 0.1) is 0 Å². The Kier molecular flexibility index (Phi) is 6.89. The summed E-state index contributed by atoms with van der Waals surface area (Å²) in [6, 6.07) is 27.6. The molecular weight excluding hydrogens is 334 g/mol. The molecule has 3 heteroatoms. The molecule has 0 bridgehead atoms. The van der Waals surface area contributed by atoms with E-state index in [0.717, 1.165) is 24.5 Å². The maximum atomic E-state index is 5.70. The number of nitrogens with one attached hydrogen (secondary N) is 1. The van der Waals surface area contributed by atoms with Crippen LogP contribution in [-0.2, 0) is 13.0 Å². The Bertz CT molecular complexity index is 818. The van der Waals surface area contributed by atoms with Crippen LogP contribution in [0.5, 0.6) is 11.5 Å². The van der Waals surface area contributed by atoms with Gasteiger partial charge in [-0.3, -0.25) is 0 Å². The van der Waals surface area contributed by atoms with Gasteiger partial charge in [-0.25, -0.2) is 0 Å². The number of benzene rings is 3. The third kappa shape index (κ3) is 5.35. The number of ether oxygens (including phenoxy) is 2. The monoisotopic (exact) mass is 361 g/mol. The van der Waals surface area contributed by atoms with E-state index in [4.69, 9.17) is 9.47 Å². The molecule has 3 aromatic rings. The summed E-state index contributed by atoms with van der Waals surface area (Å²) in [5, 5.41) is 3.71. The average molecular weight is 361 g/mol. The Hall–Kier alpha value is -2.78. The van der Waals surface area contributed by atoms with Gasteiger partial charge in [0.05, 0.1) is 13.7 Å². The molecule has 0 saturated heterocycles. The highest BCUT2D eigenvalue weighted by molar-refractivity contribution is 5.43. The zero-order valence-corrected chi connectivity index (χ0v) is 16.0. The summed E-state index contributed by atoms with van der Waals surface area (Å²) in [6.45, 7) is 3.36. The average Bonchev–Trinajstić information content (AvgIpc) is 2.73. The molecular formula is C24H27NO2. The molecule has 0 amide bonds. The minimum Gasteiger partial charge on any atom is -0.493 e. The number of hydrogen-bond donors (Lipinski definition) is 1. The molecule has 3 nitrogen and oxygen atoms in total. The van der Waals surface area contributed by atoms with E-state index in [1.807, 2.05) is 13.0 Å². The minimum atomic E-state index is 0.242. The molecule has 0 saturated carbocycles. The Morgan fingerprint density at radius 3 is 2.19 bits per heavy atom. The highest BCUT2D eigenvalue weighted by Crippen LogP contribution is 2.28. The molecule has 0 heterocycles. The molecule has 3 rings (SSSR count). The summed E-state index contributed by atoms with van der Waals surface area (Å²) < 4.78 is 11.1. The first kappa shape index (κ1) is 19.0. The van der Waals surface area contributed by atoms with E-state index in [1.165, 1.54) is 16.7 Å². The molecule has 0 aliphatic heterocycles. The fourth-order valence-electron chi connectivity index (χ4n) is 3.18. The van der Waals surface area contributed by atoms with E-state index in [-0.39, 0.29) is 6.04 Å². The van der Waals surface area contributed by atoms with Crippen molar-refractivity contribution in [1.82, 2.24) is 5.32 Å². The van der Waals surface area contributed by atoms with Crippen LogP contribution in [0.2, 0.25) is 0 Å². The summed E-state index contributed by atoms with van der Waals surface area (Å²) in [4.78, 5) is 0. The van der Waals surface area contributed by atoms with Crippen molar-refractivity contribution in [1.29, 1.82) is 0 Å². The topological polar surface area (TPSA) is 30.5 Å². The van der Waals surface area contributed by atoms with Crippen molar-refractivity contribution in [3.63, 3.8) is 0 Å². The van der Waals surface area contributed by atoms with Gasteiger partial charge in [0.1, 0.15) is 0 Å². The number of rotatable bonds is 9. The second-order valence-electron chi connectivity index (χ2n) is 6.45. The summed E-state index contributed by atoms with van der Waals surface area (Å²) in [5.74, 6) is 1.56. The molecule has 0 aliphatic carbocycles. The number of methoxy groups -OCH3 is 1. The first-order valence-electron chi connectivity index (χ1n) is 9.42. The van der Waals surface area contributed by atoms with Crippen molar-refractivity contribution in [2.75, 3.05) is 13.7 Å². The molecule has 1 N–H and O–H groups in total. The van der Waals surface area contributed by atoms with Crippen molar-refractivity contribution < 1.29 is 9.47 Å². The third-order valence-corrected chi connectivity index (χ3v) is 4.57. The van der Waals surface area contributed by atoms with Gasteiger partial charge in [-0.05, 0) is 42.2 Å². The molecule has 0 aromatic heterocycles. The van der Waals surface area contributed by atoms with Crippen LogP contribution >= 0.6 is 0 Å². The second kappa shape index (κ2) is 9.79. The van der Waals surface area contributed by atoms with Crippen LogP contribution in [0.1, 0.15) is 29.7 Å². The van der Waals surface area contributed by atoms with Crippen LogP contribution in [0.15, 0.2) is 78.9 Å². The molecule has 0 aliphatic rings. The van der Waals surface area contributed by atoms with Crippen LogP contribution in [0.25, 0.3) is 0 Å². The van der Waals surface area contributed by atoms with Crippen LogP contribution in [0.3, 0.4) is 0 Å². The van der Waals surface area contributed by atoms with Gasteiger partial charge in [0.15, 0.2) is 11.5 Å². The largest absolute Gasteiger partial charge is 0.493 e. The van der Waals surface area contributed by atoms with Crippen molar-refractivity contribution in [2.45, 2.75) is 25.9 Å². The molecule has 0 unspecified atom stereocenters. The maximum absolute atomic E-state index is 5.70. The predicted molar refractivity (Wildman–Crippen MR) is 110 cm³/mol. The van der Waals surface area contributed by atoms with Crippen molar-refractivity contribution >= 4 is 0 Å². The van der Waals surface area contributed by atoms with Crippen molar-refractivity contribution in [3.8, 4) is 11.5 Å². The molecule has 1 atom stereocenters. The van der Waals surface area contributed by atoms with Gasteiger partial charge in [-0.2, -0.15) is 0 Å². The summed E-state index contributed by atoms with van der Waals surface area (Å²) >= 11 is 0. The standard InChI is InChI=1S/C24H27NO2/c1-3-27-24-17-20(14-15-23(24)26-2)18-25-22(21-12-8-5-9-13-21)16-19-10-6-4-7-11-19/h4-15,17,22,25H,3,16,18H2,1-2H3/t22-/m0/s1. The summed E-state index contributed by atoms with van der Waals surface area (Å²) in [5.41, 5.74) is 3.79. The van der Waals surface area contributed by atoms with Crippen LogP contribution < -0.4 is 14.8 Å². The fraction of sp³-hybridized carbons (Fsp3) is 0.250. The van der Waals surface area contributed by atoms with Gasteiger partial charge in [-0.1, -0.05) is 66.7 Å². The van der Waals surface area contributed by atoms with Gasteiger partial charge < -0.3 is 14.8 Å². The van der Waals surface area contributed by atoms with E-state index in [1.54, 1.807) is 7.11 Å². The van der Waals surface area contributed by atoms with Crippen LogP contribution in [0.4, 0.5) is 0 Å². The minimum absolute atomic E-state index is 0.242. The smallest absolute Gasteiger partial charge is 0.161 e. The molecule has 3 aromatic carbocycles. The molecule has 0 radical (unpaired) electrons. The zero-order valence-electron chi connectivity index (χ0n) is 16.0. The second-order valence-corrected chi connectivity index (χ2v) is 6.45. The number of hydrogen-bond acceptors (Lipinski definition) is 3. The lowest BCUT2D eigenvalue weighted by Gasteiger charge is -2.20. The van der Waals surface area contributed by atoms with E-state index < -0.39 is 0 Å². The van der Waals surface area contributed by atoms with E-state index in [0.29, 0.717) is 6.61 Å². The Morgan fingerprint density at radius 1 is 0.815 bits per heavy atom. The lowest BCUT2D eigenvalue weighted by molar-refractivity contribution is 0.310. The van der Waals surface area contributed by atoms with Crippen LogP contribution in [-0.4, -0.2) is 13.7 Å². The van der Waals surface area contributed by atoms with Crippen molar-refractivity contribution in [3.05, 3.63) is 95.6 Å². The maximum Gasteiger partial charge on any atom is 0.161 e. The Balaban J connectivity index is 1.75. The lowest BCUT2D eigenvalue weighted by atomic mass is 9.98. The summed E-state index contributed by atoms with van der Waals surface area (Å²) in [7, 11) is 1.67. The zero-order chi connectivity index (χ0) is 18.9. The molecule has 140 valence electrons. The summed E-state index contributed by atoms with van der Waals surface area (Å²) in [6.07, 6.45) is 0.944. The molecule has 27 heavy (non-hydrogen) atoms. The van der Waals surface area contributed by atoms with Gasteiger partial charge in [0.25, 0.3) is 0 Å². The highest BCUT2D eigenvalue weighted by Gasteiger charge is 2.13. The Morgan fingerprint density at radius 2 is 1.52 bits per heavy atom. The Labute approximate surface area is 162 Å².